The van der Waals surface area contributed by atoms with Gasteiger partial charge in [-0.1, -0.05) is 6.07 Å². The van der Waals surface area contributed by atoms with Crippen LogP contribution in [0.3, 0.4) is 0 Å². The Labute approximate surface area is 183 Å². The lowest BCUT2D eigenvalue weighted by Gasteiger charge is -2.32. The second kappa shape index (κ2) is 8.76. The van der Waals surface area contributed by atoms with E-state index in [1.165, 1.54) is 0 Å². The van der Waals surface area contributed by atoms with Crippen molar-refractivity contribution in [3.8, 4) is 0 Å². The van der Waals surface area contributed by atoms with E-state index in [1.807, 2.05) is 19.9 Å². The normalized spacial score (nSPS) is 17.2. The van der Waals surface area contributed by atoms with Gasteiger partial charge in [-0.25, -0.2) is 4.98 Å². The van der Waals surface area contributed by atoms with E-state index in [0.29, 0.717) is 37.3 Å². The van der Waals surface area contributed by atoms with Crippen molar-refractivity contribution in [1.29, 1.82) is 0 Å². The van der Waals surface area contributed by atoms with E-state index in [4.69, 9.17) is 0 Å². The number of halogens is 3. The smallest absolute Gasteiger partial charge is 0.366 e. The van der Waals surface area contributed by atoms with E-state index < -0.39 is 11.7 Å². The number of piperidine rings is 1. The number of anilines is 1. The first-order valence-electron chi connectivity index (χ1n) is 10.6. The highest BCUT2D eigenvalue weighted by molar-refractivity contribution is 5.91. The summed E-state index contributed by atoms with van der Waals surface area (Å²) in [5.74, 6) is -0.237. The van der Waals surface area contributed by atoms with Crippen LogP contribution in [0, 0.1) is 0 Å². The molecule has 0 saturated carbocycles. The number of hydrogen-bond donors (Lipinski definition) is 2. The summed E-state index contributed by atoms with van der Waals surface area (Å²) in [6.45, 7) is 4.55. The fraction of sp³-hybridized carbons (Fsp3) is 0.455. The number of aromatic amines is 1. The molecular formula is C22H25F3N6O. The van der Waals surface area contributed by atoms with Crippen LogP contribution in [-0.4, -0.2) is 50.1 Å². The van der Waals surface area contributed by atoms with Crippen LogP contribution in [0.5, 0.6) is 0 Å². The lowest BCUT2D eigenvalue weighted by molar-refractivity contribution is -0.136. The van der Waals surface area contributed by atoms with Gasteiger partial charge in [0.2, 0.25) is 5.91 Å². The predicted molar refractivity (Wildman–Crippen MR) is 114 cm³/mol. The van der Waals surface area contributed by atoms with E-state index in [1.54, 1.807) is 23.2 Å². The van der Waals surface area contributed by atoms with Gasteiger partial charge in [-0.3, -0.25) is 14.9 Å². The van der Waals surface area contributed by atoms with Crippen molar-refractivity contribution >= 4 is 22.8 Å². The molecule has 1 unspecified atom stereocenters. The quantitative estimate of drug-likeness (QED) is 0.615. The number of carbonyl (C=O) groups excluding carboxylic acids is 1. The minimum Gasteiger partial charge on any atom is -0.366 e. The fourth-order valence-electron chi connectivity index (χ4n) is 4.08. The molecule has 0 radical (unpaired) electrons. The third-order valence-electron chi connectivity index (χ3n) is 5.53. The molecule has 4 heterocycles. The molecule has 0 aromatic carbocycles. The summed E-state index contributed by atoms with van der Waals surface area (Å²) in [5.41, 5.74) is 0.308. The second-order valence-corrected chi connectivity index (χ2v) is 8.36. The molecule has 3 aromatic rings. The molecule has 3 aromatic heterocycles. The minimum atomic E-state index is -4.56. The molecule has 1 atom stereocenters. The van der Waals surface area contributed by atoms with Crippen LogP contribution in [-0.2, 0) is 17.4 Å². The van der Waals surface area contributed by atoms with Gasteiger partial charge in [0.1, 0.15) is 0 Å². The monoisotopic (exact) mass is 446 g/mol. The van der Waals surface area contributed by atoms with Gasteiger partial charge in [-0.15, -0.1) is 0 Å². The van der Waals surface area contributed by atoms with Crippen molar-refractivity contribution in [2.24, 2.45) is 0 Å². The zero-order valence-corrected chi connectivity index (χ0v) is 17.9. The number of likely N-dealkylation sites (tertiary alicyclic amines) is 1. The Morgan fingerprint density at radius 3 is 2.84 bits per heavy atom. The molecule has 1 fully saturated rings. The van der Waals surface area contributed by atoms with Crippen molar-refractivity contribution in [2.45, 2.75) is 51.2 Å². The van der Waals surface area contributed by atoms with Crippen molar-refractivity contribution in [2.75, 3.05) is 18.4 Å². The van der Waals surface area contributed by atoms with E-state index >= 15 is 0 Å². The number of hydrogen-bond acceptors (Lipinski definition) is 5. The number of aromatic nitrogens is 4. The van der Waals surface area contributed by atoms with Crippen molar-refractivity contribution in [3.05, 3.63) is 47.4 Å². The average molecular weight is 446 g/mol. The first-order chi connectivity index (χ1) is 15.2. The zero-order chi connectivity index (χ0) is 22.9. The molecule has 0 aliphatic carbocycles. The lowest BCUT2D eigenvalue weighted by Crippen LogP contribution is -2.40. The van der Waals surface area contributed by atoms with E-state index in [0.717, 1.165) is 6.07 Å². The average Bonchev–Trinajstić information content (AvgIpc) is 3.15. The van der Waals surface area contributed by atoms with Crippen LogP contribution in [0.25, 0.3) is 11.0 Å². The minimum absolute atomic E-state index is 0.0613. The lowest BCUT2D eigenvalue weighted by atomic mass is 9.92. The van der Waals surface area contributed by atoms with Crippen LogP contribution >= 0.6 is 0 Å². The van der Waals surface area contributed by atoms with Crippen LogP contribution in [0.2, 0.25) is 0 Å². The van der Waals surface area contributed by atoms with E-state index in [-0.39, 0.29) is 41.1 Å². The van der Waals surface area contributed by atoms with Gasteiger partial charge in [0.25, 0.3) is 0 Å². The SMILES string of the molecule is CC(C)Nc1n[nH]c2nc(C3CCCN(C(=O)Cc4ccccn4)C3)cc(C(F)(F)F)c12. The summed E-state index contributed by atoms with van der Waals surface area (Å²) < 4.78 is 41.8. The molecule has 170 valence electrons. The number of alkyl halides is 3. The zero-order valence-electron chi connectivity index (χ0n) is 17.9. The Morgan fingerprint density at radius 2 is 2.16 bits per heavy atom. The summed E-state index contributed by atoms with van der Waals surface area (Å²) in [7, 11) is 0. The summed E-state index contributed by atoms with van der Waals surface area (Å²) in [6.07, 6.45) is -1.40. The Balaban J connectivity index is 1.62. The standard InChI is InChI=1S/C22H25F3N6O/c1-13(2)27-20-19-16(22(23,24)25)11-17(28-21(19)30-29-20)14-6-5-9-31(12-14)18(32)10-15-7-3-4-8-26-15/h3-4,7-8,11,13-14H,5-6,9-10,12H2,1-2H3,(H2,27,28,29,30). The van der Waals surface area contributed by atoms with E-state index in [2.05, 4.69) is 25.5 Å². The third kappa shape index (κ3) is 4.68. The van der Waals surface area contributed by atoms with Gasteiger partial charge < -0.3 is 10.2 Å². The Hall–Kier alpha value is -3.17. The maximum absolute atomic E-state index is 13.9. The molecule has 1 aliphatic heterocycles. The fourth-order valence-corrected chi connectivity index (χ4v) is 4.08. The summed E-state index contributed by atoms with van der Waals surface area (Å²) in [5, 5.41) is 9.54. The Kier molecular flexibility index (Phi) is 6.03. The summed E-state index contributed by atoms with van der Waals surface area (Å²) >= 11 is 0. The molecule has 10 heteroatoms. The van der Waals surface area contributed by atoms with Crippen molar-refractivity contribution in [3.63, 3.8) is 0 Å². The number of nitrogens with one attached hydrogen (secondary N) is 2. The first kappa shape index (κ1) is 22.0. The Morgan fingerprint density at radius 1 is 1.34 bits per heavy atom. The summed E-state index contributed by atoms with van der Waals surface area (Å²) in [6, 6.07) is 6.41. The molecule has 7 nitrogen and oxygen atoms in total. The van der Waals surface area contributed by atoms with Crippen molar-refractivity contribution in [1.82, 2.24) is 25.1 Å². The highest BCUT2D eigenvalue weighted by Crippen LogP contribution is 2.39. The third-order valence-corrected chi connectivity index (χ3v) is 5.53. The van der Waals surface area contributed by atoms with Crippen LogP contribution in [0.4, 0.5) is 19.0 Å². The highest BCUT2D eigenvalue weighted by atomic mass is 19.4. The number of carbonyl (C=O) groups is 1. The molecular weight excluding hydrogens is 421 g/mol. The Bertz CT molecular complexity index is 1100. The van der Waals surface area contributed by atoms with Crippen molar-refractivity contribution < 1.29 is 18.0 Å². The molecule has 4 rings (SSSR count). The largest absolute Gasteiger partial charge is 0.417 e. The number of H-pyrrole nitrogens is 1. The number of nitrogens with zero attached hydrogens (tertiary/aromatic N) is 4. The van der Waals surface area contributed by atoms with Gasteiger partial charge >= 0.3 is 6.18 Å². The molecule has 0 bridgehead atoms. The van der Waals surface area contributed by atoms with Gasteiger partial charge in [-0.2, -0.15) is 18.3 Å². The summed E-state index contributed by atoms with van der Waals surface area (Å²) in [4.78, 5) is 23.1. The van der Waals surface area contributed by atoms with Crippen LogP contribution < -0.4 is 5.32 Å². The molecule has 32 heavy (non-hydrogen) atoms. The maximum atomic E-state index is 13.9. The number of pyridine rings is 2. The molecule has 1 amide bonds. The number of rotatable bonds is 5. The van der Waals surface area contributed by atoms with Crippen LogP contribution in [0.15, 0.2) is 30.5 Å². The molecule has 2 N–H and O–H groups in total. The molecule has 1 saturated heterocycles. The highest BCUT2D eigenvalue weighted by Gasteiger charge is 2.37. The van der Waals surface area contributed by atoms with Gasteiger partial charge in [0.05, 0.1) is 17.4 Å². The van der Waals surface area contributed by atoms with Gasteiger partial charge in [0.15, 0.2) is 11.5 Å². The van der Waals surface area contributed by atoms with Gasteiger partial charge in [0, 0.05) is 42.6 Å². The first-order valence-corrected chi connectivity index (χ1v) is 10.6. The molecule has 1 aliphatic rings. The molecule has 0 spiro atoms. The second-order valence-electron chi connectivity index (χ2n) is 8.36. The maximum Gasteiger partial charge on any atom is 0.417 e. The number of fused-ring (bicyclic) bond motifs is 1. The van der Waals surface area contributed by atoms with E-state index in [9.17, 15) is 18.0 Å². The predicted octanol–water partition coefficient (Wildman–Crippen LogP) is 4.14. The topological polar surface area (TPSA) is 86.8 Å². The van der Waals surface area contributed by atoms with Crippen LogP contribution in [0.1, 0.15) is 49.6 Å². The van der Waals surface area contributed by atoms with Gasteiger partial charge in [-0.05, 0) is 44.9 Å². The number of amides is 1.